The van der Waals surface area contributed by atoms with Gasteiger partial charge in [0.15, 0.2) is 0 Å². The lowest BCUT2D eigenvalue weighted by molar-refractivity contribution is 0.198. The molecule has 0 unspecified atom stereocenters. The van der Waals surface area contributed by atoms with Crippen LogP contribution in [0.25, 0.3) is 0 Å². The van der Waals surface area contributed by atoms with E-state index in [4.69, 9.17) is 9.88 Å². The van der Waals surface area contributed by atoms with Gasteiger partial charge >= 0.3 is 0 Å². The summed E-state index contributed by atoms with van der Waals surface area (Å²) in [6.07, 6.45) is 2.41. The second-order valence-electron chi connectivity index (χ2n) is 5.62. The molecule has 0 aliphatic carbocycles. The van der Waals surface area contributed by atoms with E-state index >= 15 is 0 Å². The van der Waals surface area contributed by atoms with Crippen LogP contribution in [0.15, 0.2) is 46.0 Å². The molecule has 0 amide bonds. The van der Waals surface area contributed by atoms with Crippen LogP contribution in [0.3, 0.4) is 0 Å². The quantitative estimate of drug-likeness (QED) is 0.867. The smallest absolute Gasteiger partial charge is 0.238 e. The van der Waals surface area contributed by atoms with E-state index in [9.17, 15) is 8.42 Å². The summed E-state index contributed by atoms with van der Waals surface area (Å²) < 4.78 is 28.2. The fourth-order valence-corrected chi connectivity index (χ4v) is 4.16. The first-order valence-electron chi connectivity index (χ1n) is 7.56. The van der Waals surface area contributed by atoms with Crippen molar-refractivity contribution in [2.24, 2.45) is 5.14 Å². The molecule has 1 aromatic heterocycles. The molecule has 2 heterocycles. The topological polar surface area (TPSA) is 72.6 Å². The highest BCUT2D eigenvalue weighted by Gasteiger charge is 2.25. The van der Waals surface area contributed by atoms with E-state index in [0.717, 1.165) is 13.1 Å². The maximum atomic E-state index is 11.2. The van der Waals surface area contributed by atoms with Crippen LogP contribution in [0, 0.1) is 0 Å². The first-order valence-corrected chi connectivity index (χ1v) is 10.0. The first kappa shape index (κ1) is 16.4. The van der Waals surface area contributed by atoms with Crippen molar-refractivity contribution < 1.29 is 13.2 Å². The Morgan fingerprint density at radius 1 is 1.26 bits per heavy atom. The third kappa shape index (κ3) is 4.11. The summed E-state index contributed by atoms with van der Waals surface area (Å²) in [5.74, 6) is 0.656. The molecular weight excluding hydrogens is 332 g/mol. The van der Waals surface area contributed by atoms with Crippen LogP contribution < -0.4 is 9.88 Å². The first-order chi connectivity index (χ1) is 11.0. The van der Waals surface area contributed by atoms with Gasteiger partial charge in [-0.1, -0.05) is 0 Å². The molecule has 1 atom stereocenters. The number of likely N-dealkylation sites (tertiary alicyclic amines) is 1. The van der Waals surface area contributed by atoms with Crippen molar-refractivity contribution in [1.82, 2.24) is 4.90 Å². The Bertz CT molecular complexity index is 727. The molecule has 0 radical (unpaired) electrons. The SMILES string of the molecule is NS(=O)(=O)c1ccc(OCCN2CCC[C@@H]2c2ccsc2)cc1. The van der Waals surface area contributed by atoms with Crippen molar-refractivity contribution in [2.75, 3.05) is 19.7 Å². The van der Waals surface area contributed by atoms with Gasteiger partial charge < -0.3 is 4.74 Å². The lowest BCUT2D eigenvalue weighted by Crippen LogP contribution is -2.27. The van der Waals surface area contributed by atoms with Crippen LogP contribution in [0.1, 0.15) is 24.4 Å². The van der Waals surface area contributed by atoms with Crippen molar-refractivity contribution in [1.29, 1.82) is 0 Å². The molecule has 7 heteroatoms. The van der Waals surface area contributed by atoms with E-state index < -0.39 is 10.0 Å². The summed E-state index contributed by atoms with van der Waals surface area (Å²) in [5.41, 5.74) is 1.39. The summed E-state index contributed by atoms with van der Waals surface area (Å²) in [7, 11) is -3.65. The fraction of sp³-hybridized carbons (Fsp3) is 0.375. The van der Waals surface area contributed by atoms with Crippen molar-refractivity contribution in [3.8, 4) is 5.75 Å². The van der Waals surface area contributed by atoms with Gasteiger partial charge in [0, 0.05) is 12.6 Å². The molecule has 1 aliphatic heterocycles. The Morgan fingerprint density at radius 2 is 2.04 bits per heavy atom. The van der Waals surface area contributed by atoms with E-state index in [0.29, 0.717) is 18.4 Å². The van der Waals surface area contributed by atoms with Crippen molar-refractivity contribution in [2.45, 2.75) is 23.8 Å². The third-order valence-corrected chi connectivity index (χ3v) is 5.72. The highest BCUT2D eigenvalue weighted by Crippen LogP contribution is 2.32. The van der Waals surface area contributed by atoms with Gasteiger partial charge in [-0.05, 0) is 66.0 Å². The summed E-state index contributed by atoms with van der Waals surface area (Å²) in [6, 6.07) is 8.90. The monoisotopic (exact) mass is 352 g/mol. The van der Waals surface area contributed by atoms with Crippen molar-refractivity contribution in [3.63, 3.8) is 0 Å². The fourth-order valence-electron chi connectivity index (χ4n) is 2.94. The minimum atomic E-state index is -3.65. The number of rotatable bonds is 6. The van der Waals surface area contributed by atoms with E-state index in [1.54, 1.807) is 23.5 Å². The summed E-state index contributed by atoms with van der Waals surface area (Å²) in [6.45, 7) is 2.53. The number of hydrogen-bond donors (Lipinski definition) is 1. The lowest BCUT2D eigenvalue weighted by Gasteiger charge is -2.23. The molecule has 1 saturated heterocycles. The Balaban J connectivity index is 1.53. The van der Waals surface area contributed by atoms with Gasteiger partial charge in [-0.15, -0.1) is 0 Å². The molecule has 3 rings (SSSR count). The summed E-state index contributed by atoms with van der Waals surface area (Å²) in [5, 5.41) is 9.42. The number of thiophene rings is 1. The van der Waals surface area contributed by atoms with Crippen LogP contribution in [-0.2, 0) is 10.0 Å². The highest BCUT2D eigenvalue weighted by molar-refractivity contribution is 7.89. The normalized spacial score (nSPS) is 19.1. The van der Waals surface area contributed by atoms with E-state index in [1.165, 1.54) is 30.5 Å². The van der Waals surface area contributed by atoms with Gasteiger partial charge in [0.05, 0.1) is 4.90 Å². The van der Waals surface area contributed by atoms with Crippen LogP contribution in [-0.4, -0.2) is 33.0 Å². The maximum absolute atomic E-state index is 11.2. The van der Waals surface area contributed by atoms with Crippen molar-refractivity contribution in [3.05, 3.63) is 46.7 Å². The minimum Gasteiger partial charge on any atom is -0.492 e. The average Bonchev–Trinajstić information content (AvgIpc) is 3.17. The zero-order valence-electron chi connectivity index (χ0n) is 12.7. The molecule has 2 N–H and O–H groups in total. The maximum Gasteiger partial charge on any atom is 0.238 e. The number of nitrogens with zero attached hydrogens (tertiary/aromatic N) is 1. The van der Waals surface area contributed by atoms with Gasteiger partial charge in [-0.3, -0.25) is 4.90 Å². The zero-order valence-corrected chi connectivity index (χ0v) is 14.4. The van der Waals surface area contributed by atoms with Crippen LogP contribution in [0.2, 0.25) is 0 Å². The molecule has 1 fully saturated rings. The number of nitrogens with two attached hydrogens (primary N) is 1. The molecule has 23 heavy (non-hydrogen) atoms. The molecule has 0 saturated carbocycles. The zero-order chi connectivity index (χ0) is 16.3. The number of ether oxygens (including phenoxy) is 1. The summed E-state index contributed by atoms with van der Waals surface area (Å²) >= 11 is 1.74. The largest absolute Gasteiger partial charge is 0.492 e. The number of hydrogen-bond acceptors (Lipinski definition) is 5. The van der Waals surface area contributed by atoms with E-state index in [2.05, 4.69) is 21.7 Å². The Labute approximate surface area is 140 Å². The molecule has 2 aromatic rings. The molecule has 5 nitrogen and oxygen atoms in total. The minimum absolute atomic E-state index is 0.0990. The van der Waals surface area contributed by atoms with E-state index in [1.807, 2.05) is 0 Å². The van der Waals surface area contributed by atoms with Gasteiger partial charge in [0.2, 0.25) is 10.0 Å². The number of primary sulfonamides is 1. The highest BCUT2D eigenvalue weighted by atomic mass is 32.2. The van der Waals surface area contributed by atoms with E-state index in [-0.39, 0.29) is 4.90 Å². The lowest BCUT2D eigenvalue weighted by atomic mass is 10.1. The van der Waals surface area contributed by atoms with Gasteiger partial charge in [0.1, 0.15) is 12.4 Å². The third-order valence-electron chi connectivity index (χ3n) is 4.09. The van der Waals surface area contributed by atoms with Crippen LogP contribution >= 0.6 is 11.3 Å². The standard InChI is InChI=1S/C16H20N2O3S2/c17-23(19,20)15-5-3-14(4-6-15)21-10-9-18-8-1-2-16(18)13-7-11-22-12-13/h3-7,11-12,16H,1-2,8-10H2,(H2,17,19,20)/t16-/m1/s1. The molecule has 1 aromatic carbocycles. The predicted octanol–water partition coefficient (Wildman–Crippen LogP) is 2.61. The molecule has 1 aliphatic rings. The molecule has 124 valence electrons. The molecular formula is C16H20N2O3S2. The molecule has 0 bridgehead atoms. The summed E-state index contributed by atoms with van der Waals surface area (Å²) in [4.78, 5) is 2.54. The number of sulfonamides is 1. The van der Waals surface area contributed by atoms with Crippen LogP contribution in [0.4, 0.5) is 0 Å². The van der Waals surface area contributed by atoms with Gasteiger partial charge in [-0.25, -0.2) is 13.6 Å². The van der Waals surface area contributed by atoms with Gasteiger partial charge in [-0.2, -0.15) is 11.3 Å². The second kappa shape index (κ2) is 7.00. The van der Waals surface area contributed by atoms with Crippen LogP contribution in [0.5, 0.6) is 5.75 Å². The average molecular weight is 352 g/mol. The van der Waals surface area contributed by atoms with Crippen molar-refractivity contribution >= 4 is 21.4 Å². The predicted molar refractivity (Wildman–Crippen MR) is 91.2 cm³/mol. The van der Waals surface area contributed by atoms with Gasteiger partial charge in [0.25, 0.3) is 0 Å². The molecule has 0 spiro atoms. The Hall–Kier alpha value is -1.41. The number of benzene rings is 1. The Kier molecular flexibility index (Phi) is 5.01. The Morgan fingerprint density at radius 3 is 2.70 bits per heavy atom. The second-order valence-corrected chi connectivity index (χ2v) is 7.96.